The second kappa shape index (κ2) is 6.41. The van der Waals surface area contributed by atoms with Gasteiger partial charge in [0.1, 0.15) is 0 Å². The van der Waals surface area contributed by atoms with Crippen molar-refractivity contribution in [2.24, 2.45) is 0 Å². The van der Waals surface area contributed by atoms with Gasteiger partial charge in [-0.25, -0.2) is 0 Å². The molecule has 0 N–H and O–H groups in total. The Balaban J connectivity index is 1.79. The third-order valence-electron chi connectivity index (χ3n) is 3.17. The number of rotatable bonds is 4. The van der Waals surface area contributed by atoms with Gasteiger partial charge in [-0.15, -0.1) is 11.8 Å². The molecular weight excluding hydrogens is 346 g/mol. The molecule has 0 radical (unpaired) electrons. The van der Waals surface area contributed by atoms with Crippen LogP contribution < -0.4 is 0 Å². The number of carbonyl (C=O) groups is 1. The first-order chi connectivity index (χ1) is 10.2. The largest absolute Gasteiger partial charge is 0.293 e. The molecule has 3 rings (SSSR count). The van der Waals surface area contributed by atoms with E-state index in [4.69, 9.17) is 0 Å². The number of carbonyl (C=O) groups excluding carboxylic acids is 1. The van der Waals surface area contributed by atoms with Crippen molar-refractivity contribution >= 4 is 44.2 Å². The minimum absolute atomic E-state index is 0.126. The Morgan fingerprint density at radius 1 is 1.10 bits per heavy atom. The van der Waals surface area contributed by atoms with Crippen LogP contribution in [-0.2, 0) is 0 Å². The van der Waals surface area contributed by atoms with Crippen molar-refractivity contribution in [2.75, 3.05) is 5.75 Å². The number of halogens is 1. The minimum Gasteiger partial charge on any atom is -0.293 e. The van der Waals surface area contributed by atoms with Gasteiger partial charge < -0.3 is 0 Å². The van der Waals surface area contributed by atoms with Gasteiger partial charge >= 0.3 is 0 Å². The number of aromatic nitrogens is 1. The monoisotopic (exact) mass is 357 g/mol. The molecule has 0 saturated carbocycles. The summed E-state index contributed by atoms with van der Waals surface area (Å²) in [6, 6.07) is 15.7. The minimum atomic E-state index is 0.126. The zero-order chi connectivity index (χ0) is 14.7. The fourth-order valence-corrected chi connectivity index (χ4v) is 3.16. The summed E-state index contributed by atoms with van der Waals surface area (Å²) in [6.07, 6.45) is 3.50. The Kier molecular flexibility index (Phi) is 4.36. The number of fused-ring (bicyclic) bond motifs is 1. The number of ketones is 1. The topological polar surface area (TPSA) is 30.0 Å². The SMILES string of the molecule is O=C(CSc1ccc(Br)cc1)c1cccc2ccncc12. The highest BCUT2D eigenvalue weighted by Crippen LogP contribution is 2.24. The van der Waals surface area contributed by atoms with Gasteiger partial charge in [0.25, 0.3) is 0 Å². The Morgan fingerprint density at radius 2 is 1.90 bits per heavy atom. The van der Waals surface area contributed by atoms with E-state index in [1.807, 2.05) is 48.5 Å². The second-order valence-corrected chi connectivity index (χ2v) is 6.53. The lowest BCUT2D eigenvalue weighted by Crippen LogP contribution is -2.03. The maximum absolute atomic E-state index is 12.4. The molecule has 0 aliphatic heterocycles. The van der Waals surface area contributed by atoms with Crippen LogP contribution in [-0.4, -0.2) is 16.5 Å². The van der Waals surface area contributed by atoms with Crippen molar-refractivity contribution in [1.29, 1.82) is 0 Å². The molecule has 1 heterocycles. The van der Waals surface area contributed by atoms with E-state index in [1.165, 1.54) is 0 Å². The lowest BCUT2D eigenvalue weighted by atomic mass is 10.0. The molecule has 0 aliphatic carbocycles. The summed E-state index contributed by atoms with van der Waals surface area (Å²) < 4.78 is 1.04. The van der Waals surface area contributed by atoms with Crippen molar-refractivity contribution < 1.29 is 4.79 Å². The quantitative estimate of drug-likeness (QED) is 0.487. The predicted molar refractivity (Wildman–Crippen MR) is 90.9 cm³/mol. The highest BCUT2D eigenvalue weighted by Gasteiger charge is 2.10. The van der Waals surface area contributed by atoms with Crippen molar-refractivity contribution in [3.8, 4) is 0 Å². The molecule has 0 bridgehead atoms. The maximum Gasteiger partial charge on any atom is 0.173 e. The molecule has 0 fully saturated rings. The molecule has 3 aromatic rings. The van der Waals surface area contributed by atoms with E-state index in [9.17, 15) is 4.79 Å². The van der Waals surface area contributed by atoms with Gasteiger partial charge in [0.05, 0.1) is 5.75 Å². The molecular formula is C17H12BrNOS. The number of thioether (sulfide) groups is 1. The van der Waals surface area contributed by atoms with E-state index >= 15 is 0 Å². The zero-order valence-corrected chi connectivity index (χ0v) is 13.5. The molecule has 0 atom stereocenters. The standard InChI is InChI=1S/C17H12BrNOS/c18-13-4-6-14(7-5-13)21-11-17(20)15-3-1-2-12-8-9-19-10-16(12)15/h1-10H,11H2. The smallest absolute Gasteiger partial charge is 0.173 e. The average Bonchev–Trinajstić information content (AvgIpc) is 2.53. The first kappa shape index (κ1) is 14.3. The first-order valence-electron chi connectivity index (χ1n) is 6.48. The summed E-state index contributed by atoms with van der Waals surface area (Å²) >= 11 is 4.96. The molecule has 0 spiro atoms. The van der Waals surface area contributed by atoms with E-state index in [-0.39, 0.29) is 5.78 Å². The van der Waals surface area contributed by atoms with E-state index in [0.29, 0.717) is 5.75 Å². The van der Waals surface area contributed by atoms with Crippen LogP contribution in [0.3, 0.4) is 0 Å². The molecule has 0 saturated heterocycles. The maximum atomic E-state index is 12.4. The normalized spacial score (nSPS) is 10.7. The molecule has 4 heteroatoms. The summed E-state index contributed by atoms with van der Waals surface area (Å²) in [5, 5.41) is 1.96. The van der Waals surface area contributed by atoms with E-state index < -0.39 is 0 Å². The summed E-state index contributed by atoms with van der Waals surface area (Å²) in [5.74, 6) is 0.553. The van der Waals surface area contributed by atoms with Gasteiger partial charge in [-0.3, -0.25) is 9.78 Å². The number of hydrogen-bond donors (Lipinski definition) is 0. The molecule has 0 aliphatic rings. The van der Waals surface area contributed by atoms with Crippen LogP contribution in [0.15, 0.2) is 70.3 Å². The number of pyridine rings is 1. The fraction of sp³-hybridized carbons (Fsp3) is 0.0588. The molecule has 1 aromatic heterocycles. The fourth-order valence-electron chi connectivity index (χ4n) is 2.11. The van der Waals surface area contributed by atoms with Crippen LogP contribution >= 0.6 is 27.7 Å². The Labute approximate surface area is 135 Å². The third-order valence-corrected chi connectivity index (χ3v) is 4.71. The second-order valence-electron chi connectivity index (χ2n) is 4.57. The van der Waals surface area contributed by atoms with Gasteiger partial charge in [0.2, 0.25) is 0 Å². The van der Waals surface area contributed by atoms with Crippen LogP contribution in [0.5, 0.6) is 0 Å². The Hall–Kier alpha value is -1.65. The van der Waals surface area contributed by atoms with Crippen LogP contribution in [0.1, 0.15) is 10.4 Å². The number of benzene rings is 2. The summed E-state index contributed by atoms with van der Waals surface area (Å²) in [6.45, 7) is 0. The van der Waals surface area contributed by atoms with E-state index in [0.717, 1.165) is 25.7 Å². The summed E-state index contributed by atoms with van der Waals surface area (Å²) in [4.78, 5) is 17.6. The van der Waals surface area contributed by atoms with Crippen molar-refractivity contribution in [1.82, 2.24) is 4.98 Å². The number of hydrogen-bond acceptors (Lipinski definition) is 3. The predicted octanol–water partition coefficient (Wildman–Crippen LogP) is 4.97. The van der Waals surface area contributed by atoms with E-state index in [1.54, 1.807) is 24.2 Å². The Bertz CT molecular complexity index is 781. The molecule has 2 nitrogen and oxygen atoms in total. The van der Waals surface area contributed by atoms with Gasteiger partial charge in [-0.2, -0.15) is 0 Å². The van der Waals surface area contributed by atoms with Crippen LogP contribution in [0.2, 0.25) is 0 Å². The zero-order valence-electron chi connectivity index (χ0n) is 11.1. The van der Waals surface area contributed by atoms with Crippen LogP contribution in [0.4, 0.5) is 0 Å². The molecule has 0 amide bonds. The molecule has 0 unspecified atom stereocenters. The van der Waals surface area contributed by atoms with Crippen LogP contribution in [0, 0.1) is 0 Å². The average molecular weight is 358 g/mol. The first-order valence-corrected chi connectivity index (χ1v) is 8.26. The van der Waals surface area contributed by atoms with Crippen molar-refractivity contribution in [3.05, 3.63) is 71.0 Å². The number of nitrogens with zero attached hydrogens (tertiary/aromatic N) is 1. The lowest BCUT2D eigenvalue weighted by Gasteiger charge is -2.05. The molecule has 104 valence electrons. The van der Waals surface area contributed by atoms with Crippen molar-refractivity contribution in [2.45, 2.75) is 4.90 Å². The van der Waals surface area contributed by atoms with Gasteiger partial charge in [-0.1, -0.05) is 34.1 Å². The van der Waals surface area contributed by atoms with Gasteiger partial charge in [0.15, 0.2) is 5.78 Å². The summed E-state index contributed by atoms with van der Waals surface area (Å²) in [7, 11) is 0. The van der Waals surface area contributed by atoms with Crippen molar-refractivity contribution in [3.63, 3.8) is 0 Å². The highest BCUT2D eigenvalue weighted by molar-refractivity contribution is 9.10. The lowest BCUT2D eigenvalue weighted by molar-refractivity contribution is 0.102. The molecule has 2 aromatic carbocycles. The Morgan fingerprint density at radius 3 is 2.71 bits per heavy atom. The summed E-state index contributed by atoms with van der Waals surface area (Å²) in [5.41, 5.74) is 0.741. The highest BCUT2D eigenvalue weighted by atomic mass is 79.9. The van der Waals surface area contributed by atoms with Gasteiger partial charge in [0, 0.05) is 32.7 Å². The molecule has 21 heavy (non-hydrogen) atoms. The number of Topliss-reactive ketones (excluding diaryl/α,β-unsaturated/α-hetero) is 1. The third kappa shape index (κ3) is 3.34. The van der Waals surface area contributed by atoms with Crippen LogP contribution in [0.25, 0.3) is 10.8 Å². The van der Waals surface area contributed by atoms with E-state index in [2.05, 4.69) is 20.9 Å². The van der Waals surface area contributed by atoms with Gasteiger partial charge in [-0.05, 0) is 35.7 Å².